The number of hydrogen-bond acceptors (Lipinski definition) is 1. The maximum atomic E-state index is 12.1. The summed E-state index contributed by atoms with van der Waals surface area (Å²) in [7, 11) is 0. The Bertz CT molecular complexity index is 917. The van der Waals surface area contributed by atoms with Crippen molar-refractivity contribution in [3.63, 3.8) is 0 Å². The van der Waals surface area contributed by atoms with Crippen LogP contribution in [0.15, 0.2) is 60.8 Å². The minimum absolute atomic E-state index is 0.280. The largest absolute Gasteiger partial charge is 0.345 e. The molecule has 2 aromatic carbocycles. The second-order valence-corrected chi connectivity index (χ2v) is 6.75. The van der Waals surface area contributed by atoms with Crippen LogP contribution in [0.4, 0.5) is 10.5 Å². The Labute approximate surface area is 158 Å². The van der Waals surface area contributed by atoms with E-state index in [1.165, 1.54) is 16.7 Å². The Kier molecular flexibility index (Phi) is 5.64. The predicted molar refractivity (Wildman–Crippen MR) is 107 cm³/mol. The van der Waals surface area contributed by atoms with Gasteiger partial charge >= 0.3 is 6.03 Å². The van der Waals surface area contributed by atoms with Crippen molar-refractivity contribution < 1.29 is 4.79 Å². The van der Waals surface area contributed by atoms with Crippen LogP contribution in [0.5, 0.6) is 0 Å². The van der Waals surface area contributed by atoms with Crippen LogP contribution in [0.25, 0.3) is 0 Å². The van der Waals surface area contributed by atoms with E-state index in [4.69, 9.17) is 11.6 Å². The lowest BCUT2D eigenvalue weighted by atomic mass is 10.1. The van der Waals surface area contributed by atoms with Crippen LogP contribution in [0.2, 0.25) is 5.02 Å². The number of hydrogen-bond donors (Lipinski definition) is 2. The molecule has 1 aromatic heterocycles. The average Bonchev–Trinajstić information content (AvgIpc) is 3.05. The summed E-state index contributed by atoms with van der Waals surface area (Å²) in [5.41, 5.74) is 5.43. The van der Waals surface area contributed by atoms with E-state index >= 15 is 0 Å². The number of nitrogens with one attached hydrogen (secondary N) is 2. The van der Waals surface area contributed by atoms with Crippen molar-refractivity contribution in [1.29, 1.82) is 0 Å². The van der Waals surface area contributed by atoms with Gasteiger partial charge in [0.05, 0.1) is 17.3 Å². The van der Waals surface area contributed by atoms with E-state index < -0.39 is 0 Å². The fourth-order valence-electron chi connectivity index (χ4n) is 2.82. The molecule has 0 saturated heterocycles. The molecule has 2 N–H and O–H groups in total. The quantitative estimate of drug-likeness (QED) is 0.645. The molecule has 0 saturated carbocycles. The van der Waals surface area contributed by atoms with Gasteiger partial charge in [-0.2, -0.15) is 0 Å². The van der Waals surface area contributed by atoms with Gasteiger partial charge in [0, 0.05) is 18.4 Å². The number of benzene rings is 2. The van der Waals surface area contributed by atoms with Crippen molar-refractivity contribution in [3.8, 4) is 0 Å². The molecule has 0 unspecified atom stereocenters. The van der Waals surface area contributed by atoms with E-state index in [1.54, 1.807) is 12.1 Å². The first-order valence-corrected chi connectivity index (χ1v) is 8.90. The van der Waals surface area contributed by atoms with Crippen LogP contribution < -0.4 is 10.6 Å². The number of carbonyl (C=O) groups is 1. The molecule has 0 fully saturated rings. The average molecular weight is 368 g/mol. The van der Waals surface area contributed by atoms with Gasteiger partial charge in [0.15, 0.2) is 0 Å². The molecule has 0 aliphatic rings. The molecular formula is C21H22ClN3O. The van der Waals surface area contributed by atoms with E-state index in [0.717, 1.165) is 12.2 Å². The second kappa shape index (κ2) is 8.11. The van der Waals surface area contributed by atoms with Gasteiger partial charge in [-0.1, -0.05) is 47.5 Å². The summed E-state index contributed by atoms with van der Waals surface area (Å²) >= 11 is 6.06. The van der Waals surface area contributed by atoms with E-state index in [0.29, 0.717) is 17.3 Å². The zero-order valence-electron chi connectivity index (χ0n) is 14.9. The van der Waals surface area contributed by atoms with Crippen molar-refractivity contribution in [1.82, 2.24) is 9.88 Å². The lowest BCUT2D eigenvalue weighted by molar-refractivity contribution is 0.251. The number of para-hydroxylation sites is 1. The van der Waals surface area contributed by atoms with Crippen LogP contribution in [0.3, 0.4) is 0 Å². The van der Waals surface area contributed by atoms with Gasteiger partial charge in [-0.05, 0) is 49.2 Å². The van der Waals surface area contributed by atoms with Crippen LogP contribution in [-0.4, -0.2) is 10.6 Å². The Hall–Kier alpha value is -2.72. The third-order valence-electron chi connectivity index (χ3n) is 4.32. The zero-order valence-corrected chi connectivity index (χ0v) is 15.7. The first-order valence-electron chi connectivity index (χ1n) is 8.52. The van der Waals surface area contributed by atoms with Gasteiger partial charge in [0.25, 0.3) is 0 Å². The van der Waals surface area contributed by atoms with E-state index in [2.05, 4.69) is 47.2 Å². The van der Waals surface area contributed by atoms with Gasteiger partial charge in [-0.25, -0.2) is 4.79 Å². The molecule has 134 valence electrons. The highest BCUT2D eigenvalue weighted by Crippen LogP contribution is 2.20. The van der Waals surface area contributed by atoms with Crippen LogP contribution in [0.1, 0.15) is 22.4 Å². The topological polar surface area (TPSA) is 46.1 Å². The van der Waals surface area contributed by atoms with Gasteiger partial charge in [-0.3, -0.25) is 0 Å². The van der Waals surface area contributed by atoms with Gasteiger partial charge in [0.2, 0.25) is 0 Å². The summed E-state index contributed by atoms with van der Waals surface area (Å²) in [5.74, 6) is 0. The maximum absolute atomic E-state index is 12.1. The molecule has 26 heavy (non-hydrogen) atoms. The summed E-state index contributed by atoms with van der Waals surface area (Å²) in [6.07, 6.45) is 2.03. The predicted octanol–water partition coefficient (Wildman–Crippen LogP) is 5.13. The molecule has 0 spiro atoms. The monoisotopic (exact) mass is 367 g/mol. The Morgan fingerprint density at radius 2 is 1.88 bits per heavy atom. The van der Waals surface area contributed by atoms with Crippen molar-refractivity contribution in [2.24, 2.45) is 0 Å². The highest BCUT2D eigenvalue weighted by molar-refractivity contribution is 6.33. The summed E-state index contributed by atoms with van der Waals surface area (Å²) in [4.78, 5) is 12.1. The van der Waals surface area contributed by atoms with Gasteiger partial charge < -0.3 is 15.2 Å². The van der Waals surface area contributed by atoms with E-state index in [9.17, 15) is 4.79 Å². The standard InChI is InChI=1S/C21H22ClN3O/c1-15-9-10-16(2)17(12-15)14-25-11-5-6-18(25)13-23-21(26)24-20-8-4-3-7-19(20)22/h3-12H,13-14H2,1-2H3,(H2,23,24,26). The van der Waals surface area contributed by atoms with E-state index in [-0.39, 0.29) is 6.03 Å². The number of anilines is 1. The number of halogens is 1. The zero-order chi connectivity index (χ0) is 18.5. The molecule has 1 heterocycles. The Morgan fingerprint density at radius 3 is 2.69 bits per heavy atom. The molecular weight excluding hydrogens is 346 g/mol. The number of rotatable bonds is 5. The van der Waals surface area contributed by atoms with Gasteiger partial charge in [-0.15, -0.1) is 0 Å². The van der Waals surface area contributed by atoms with Crippen molar-refractivity contribution in [2.45, 2.75) is 26.9 Å². The lowest BCUT2D eigenvalue weighted by Crippen LogP contribution is -2.29. The molecule has 0 bridgehead atoms. The third kappa shape index (κ3) is 4.46. The molecule has 4 nitrogen and oxygen atoms in total. The fourth-order valence-corrected chi connectivity index (χ4v) is 3.00. The SMILES string of the molecule is Cc1ccc(C)c(Cn2cccc2CNC(=O)Nc2ccccc2Cl)c1. The molecule has 5 heteroatoms. The molecule has 0 radical (unpaired) electrons. The maximum Gasteiger partial charge on any atom is 0.319 e. The minimum Gasteiger partial charge on any atom is -0.345 e. The highest BCUT2D eigenvalue weighted by Gasteiger charge is 2.08. The van der Waals surface area contributed by atoms with Crippen LogP contribution >= 0.6 is 11.6 Å². The van der Waals surface area contributed by atoms with Gasteiger partial charge in [0.1, 0.15) is 0 Å². The highest BCUT2D eigenvalue weighted by atomic mass is 35.5. The number of aryl methyl sites for hydroxylation is 2. The first kappa shape index (κ1) is 18.1. The normalized spacial score (nSPS) is 10.6. The number of carbonyl (C=O) groups excluding carboxylic acids is 1. The van der Waals surface area contributed by atoms with Crippen molar-refractivity contribution in [3.05, 3.63) is 88.2 Å². The number of urea groups is 1. The number of aromatic nitrogens is 1. The lowest BCUT2D eigenvalue weighted by Gasteiger charge is -2.13. The molecule has 3 aromatic rings. The van der Waals surface area contributed by atoms with Crippen molar-refractivity contribution in [2.75, 3.05) is 5.32 Å². The fraction of sp³-hybridized carbons (Fsp3) is 0.190. The Balaban J connectivity index is 1.63. The van der Waals surface area contributed by atoms with Crippen molar-refractivity contribution >= 4 is 23.3 Å². The molecule has 0 atom stereocenters. The summed E-state index contributed by atoms with van der Waals surface area (Å²) in [6, 6.07) is 17.4. The smallest absolute Gasteiger partial charge is 0.319 e. The molecule has 0 aliphatic carbocycles. The molecule has 3 rings (SSSR count). The van der Waals surface area contributed by atoms with Crippen LogP contribution in [-0.2, 0) is 13.1 Å². The third-order valence-corrected chi connectivity index (χ3v) is 4.65. The summed E-state index contributed by atoms with van der Waals surface area (Å²) < 4.78 is 2.15. The number of nitrogens with zero attached hydrogens (tertiary/aromatic N) is 1. The van der Waals surface area contributed by atoms with Crippen LogP contribution in [0, 0.1) is 13.8 Å². The second-order valence-electron chi connectivity index (χ2n) is 6.34. The van der Waals surface area contributed by atoms with E-state index in [1.807, 2.05) is 30.5 Å². The summed E-state index contributed by atoms with van der Waals surface area (Å²) in [6.45, 7) is 5.44. The molecule has 2 amide bonds. The first-order chi connectivity index (χ1) is 12.5. The Morgan fingerprint density at radius 1 is 1.08 bits per heavy atom. The number of amides is 2. The summed E-state index contributed by atoms with van der Waals surface area (Å²) in [5, 5.41) is 6.17. The molecule has 0 aliphatic heterocycles. The minimum atomic E-state index is -0.280.